The van der Waals surface area contributed by atoms with Crippen molar-refractivity contribution in [1.29, 1.82) is 0 Å². The Morgan fingerprint density at radius 3 is 2.73 bits per heavy atom. The highest BCUT2D eigenvalue weighted by Gasteiger charge is 2.40. The molecule has 10 nitrogen and oxygen atoms in total. The van der Waals surface area contributed by atoms with Crippen molar-refractivity contribution in [3.05, 3.63) is 34.4 Å². The zero-order valence-electron chi connectivity index (χ0n) is 13.7. The van der Waals surface area contributed by atoms with E-state index in [9.17, 15) is 20.0 Å². The quantitative estimate of drug-likeness (QED) is 0.359. The molecule has 26 heavy (non-hydrogen) atoms. The Kier molecular flexibility index (Phi) is 4.99. The lowest BCUT2D eigenvalue weighted by molar-refractivity contribution is -0.384. The molecule has 2 amide bonds. The zero-order valence-corrected chi connectivity index (χ0v) is 14.5. The molecule has 1 aromatic carbocycles. The summed E-state index contributed by atoms with van der Waals surface area (Å²) < 4.78 is 7.28. The molecule has 1 saturated heterocycles. The molecule has 0 aliphatic carbocycles. The number of ether oxygens (including phenoxy) is 1. The molecule has 2 aliphatic heterocycles. The Hall–Kier alpha value is -2.81. The Balaban J connectivity index is 1.65. The maximum Gasteiger partial charge on any atom is 0.328 e. The third-order valence-electron chi connectivity index (χ3n) is 3.72. The van der Waals surface area contributed by atoms with Crippen molar-refractivity contribution in [3.63, 3.8) is 0 Å². The number of urea groups is 1. The largest absolute Gasteiger partial charge is 0.463 e. The van der Waals surface area contributed by atoms with Gasteiger partial charge in [0.2, 0.25) is 6.23 Å². The molecular formula is C15H15N5O5S. The zero-order chi connectivity index (χ0) is 18.8. The van der Waals surface area contributed by atoms with E-state index < -0.39 is 17.4 Å². The van der Waals surface area contributed by atoms with Gasteiger partial charge in [0.05, 0.1) is 11.5 Å². The number of hydrogen-bond acceptors (Lipinski definition) is 8. The summed E-state index contributed by atoms with van der Waals surface area (Å²) in [4.78, 5) is 29.1. The molecule has 0 bridgehead atoms. The van der Waals surface area contributed by atoms with E-state index in [1.165, 1.54) is 34.1 Å². The molecule has 0 spiro atoms. The number of carbonyl (C=O) groups is 1. The minimum absolute atomic E-state index is 0.0542. The van der Waals surface area contributed by atoms with Crippen molar-refractivity contribution in [1.82, 2.24) is 14.1 Å². The number of carbonyl (C=O) groups excluding carboxylic acids is 1. The number of benzene rings is 1. The highest BCUT2D eigenvalue weighted by molar-refractivity contribution is 8.12. The van der Waals surface area contributed by atoms with Crippen molar-refractivity contribution in [3.8, 4) is 18.1 Å². The van der Waals surface area contributed by atoms with Crippen LogP contribution in [0.3, 0.4) is 0 Å². The van der Waals surface area contributed by atoms with Crippen LogP contribution in [0, 0.1) is 22.5 Å². The summed E-state index contributed by atoms with van der Waals surface area (Å²) in [6, 6.07) is 5.19. The number of rotatable bonds is 4. The van der Waals surface area contributed by atoms with Gasteiger partial charge in [-0.2, -0.15) is 4.31 Å². The molecule has 0 radical (unpaired) electrons. The first-order chi connectivity index (χ1) is 12.4. The Morgan fingerprint density at radius 2 is 2.19 bits per heavy atom. The number of aliphatic imine (C=N–C) groups is 1. The van der Waals surface area contributed by atoms with Crippen molar-refractivity contribution in [2.75, 3.05) is 20.3 Å². The number of nitrogens with zero attached hydrogens (tertiary/aromatic N) is 5. The lowest BCUT2D eigenvalue weighted by Gasteiger charge is -2.23. The van der Waals surface area contributed by atoms with Gasteiger partial charge in [-0.3, -0.25) is 10.1 Å². The van der Waals surface area contributed by atoms with Gasteiger partial charge in [0.15, 0.2) is 11.4 Å². The van der Waals surface area contributed by atoms with Crippen LogP contribution in [-0.4, -0.2) is 68.1 Å². The number of β-amino-alcohol motifs (C(OH)–C–C–N with tert-alkyl or cyclic N) is 1. The van der Waals surface area contributed by atoms with E-state index in [0.29, 0.717) is 10.9 Å². The maximum atomic E-state index is 12.1. The number of likely N-dealkylation sites (N-methyl/N-ethyl adjacent to an activating group) is 1. The van der Waals surface area contributed by atoms with Gasteiger partial charge in [-0.15, -0.1) is 6.42 Å². The van der Waals surface area contributed by atoms with Crippen molar-refractivity contribution >= 4 is 28.8 Å². The summed E-state index contributed by atoms with van der Waals surface area (Å²) in [5.74, 6) is 2.84. The van der Waals surface area contributed by atoms with Gasteiger partial charge in [-0.05, 0) is 18.1 Å². The van der Waals surface area contributed by atoms with Crippen LogP contribution in [0.4, 0.5) is 10.5 Å². The van der Waals surface area contributed by atoms with Crippen LogP contribution < -0.4 is 4.74 Å². The fraction of sp³-hybridized carbons (Fsp3) is 0.333. The smallest absolute Gasteiger partial charge is 0.328 e. The van der Waals surface area contributed by atoms with Gasteiger partial charge in [0.1, 0.15) is 12.4 Å². The fourth-order valence-electron chi connectivity index (χ4n) is 2.41. The van der Waals surface area contributed by atoms with Crippen LogP contribution >= 0.6 is 11.9 Å². The lowest BCUT2D eigenvalue weighted by atomic mass is 10.3. The van der Waals surface area contributed by atoms with Crippen LogP contribution in [0.5, 0.6) is 5.75 Å². The number of hydrogen-bond donors (Lipinski definition) is 1. The Morgan fingerprint density at radius 1 is 1.50 bits per heavy atom. The second-order valence-corrected chi connectivity index (χ2v) is 6.51. The van der Waals surface area contributed by atoms with Crippen LogP contribution in [0.2, 0.25) is 0 Å². The Labute approximate surface area is 153 Å². The first-order valence-electron chi connectivity index (χ1n) is 7.49. The molecule has 0 saturated carbocycles. The number of nitro groups is 1. The average molecular weight is 377 g/mol. The molecule has 2 unspecified atom stereocenters. The average Bonchev–Trinajstić information content (AvgIpc) is 3.18. The number of aliphatic hydroxyl groups excluding tert-OH is 1. The van der Waals surface area contributed by atoms with E-state index in [0.717, 1.165) is 11.9 Å². The summed E-state index contributed by atoms with van der Waals surface area (Å²) in [6.07, 6.45) is 3.74. The van der Waals surface area contributed by atoms with Gasteiger partial charge in [-0.25, -0.2) is 14.7 Å². The fourth-order valence-corrected chi connectivity index (χ4v) is 3.34. The van der Waals surface area contributed by atoms with Gasteiger partial charge >= 0.3 is 6.03 Å². The minimum Gasteiger partial charge on any atom is -0.463 e. The summed E-state index contributed by atoms with van der Waals surface area (Å²) in [6.45, 7) is 0.359. The molecule has 1 fully saturated rings. The van der Waals surface area contributed by atoms with E-state index in [1.54, 1.807) is 11.4 Å². The number of aliphatic hydroxyl groups is 1. The number of terminal acetylenes is 1. The van der Waals surface area contributed by atoms with Crippen molar-refractivity contribution < 1.29 is 19.6 Å². The number of nitro benzene ring substituents is 1. The number of amides is 2. The summed E-state index contributed by atoms with van der Waals surface area (Å²) in [5.41, 5.74) is -0.0542. The molecule has 0 aromatic heterocycles. The molecule has 2 heterocycles. The molecule has 11 heteroatoms. The first kappa shape index (κ1) is 18.0. The van der Waals surface area contributed by atoms with Gasteiger partial charge in [-0.1, -0.05) is 0 Å². The summed E-state index contributed by atoms with van der Waals surface area (Å²) in [5, 5.41) is 21.0. The van der Waals surface area contributed by atoms with Gasteiger partial charge in [0, 0.05) is 31.1 Å². The van der Waals surface area contributed by atoms with E-state index in [1.807, 2.05) is 0 Å². The standard InChI is InChI=1S/C15H15N5O5S/c1-3-13(25-11-6-4-10(5-7-11)20(23)24)18-9-16-14(26-18)19-12(21)8-17(2)15(19)22/h1,4-7,12-13,21H,8-9H2,2H3. The van der Waals surface area contributed by atoms with E-state index in [-0.39, 0.29) is 24.9 Å². The Bertz CT molecular complexity index is 793. The van der Waals surface area contributed by atoms with E-state index in [4.69, 9.17) is 11.2 Å². The minimum atomic E-state index is -0.974. The van der Waals surface area contributed by atoms with E-state index in [2.05, 4.69) is 10.9 Å². The van der Waals surface area contributed by atoms with Gasteiger partial charge < -0.3 is 14.7 Å². The highest BCUT2D eigenvalue weighted by Crippen LogP contribution is 2.29. The molecule has 1 aromatic rings. The predicted octanol–water partition coefficient (Wildman–Crippen LogP) is 0.896. The van der Waals surface area contributed by atoms with Crippen molar-refractivity contribution in [2.24, 2.45) is 4.99 Å². The second kappa shape index (κ2) is 7.20. The third kappa shape index (κ3) is 3.43. The first-order valence-corrected chi connectivity index (χ1v) is 8.26. The molecule has 136 valence electrons. The highest BCUT2D eigenvalue weighted by atomic mass is 32.2. The van der Waals surface area contributed by atoms with Crippen LogP contribution in [0.25, 0.3) is 0 Å². The van der Waals surface area contributed by atoms with Gasteiger partial charge in [0.25, 0.3) is 5.69 Å². The molecule has 1 N–H and O–H groups in total. The van der Waals surface area contributed by atoms with E-state index >= 15 is 0 Å². The lowest BCUT2D eigenvalue weighted by Crippen LogP contribution is -2.39. The normalized spacial score (nSPS) is 21.5. The number of amidine groups is 1. The molecule has 2 aliphatic rings. The molecular weight excluding hydrogens is 362 g/mol. The second-order valence-electron chi connectivity index (χ2n) is 5.49. The predicted molar refractivity (Wildman–Crippen MR) is 93.9 cm³/mol. The third-order valence-corrected chi connectivity index (χ3v) is 4.75. The number of non-ortho nitro benzene ring substituents is 1. The maximum absolute atomic E-state index is 12.1. The molecule has 3 rings (SSSR count). The summed E-state index contributed by atoms with van der Waals surface area (Å²) in [7, 11) is 1.59. The monoisotopic (exact) mass is 377 g/mol. The van der Waals surface area contributed by atoms with Crippen LogP contribution in [0.15, 0.2) is 29.3 Å². The van der Waals surface area contributed by atoms with Crippen LogP contribution in [-0.2, 0) is 0 Å². The summed E-state index contributed by atoms with van der Waals surface area (Å²) >= 11 is 1.10. The molecule has 2 atom stereocenters. The SMILES string of the molecule is C#CC(Oc1ccc([N+](=O)[O-])cc1)N1CN=C(N2C(=O)N(C)CC2O)S1. The van der Waals surface area contributed by atoms with Crippen LogP contribution in [0.1, 0.15) is 0 Å². The topological polar surface area (TPSA) is 112 Å². The van der Waals surface area contributed by atoms with Crippen molar-refractivity contribution in [2.45, 2.75) is 12.5 Å².